The molecule has 0 aromatic carbocycles. The summed E-state index contributed by atoms with van der Waals surface area (Å²) in [7, 11) is 2.18. The third-order valence-corrected chi connectivity index (χ3v) is 4.08. The predicted molar refractivity (Wildman–Crippen MR) is 79.0 cm³/mol. The molecule has 6 heteroatoms. The molecule has 0 radical (unpaired) electrons. The molecular formula is C12H17ClN4S. The topological polar surface area (TPSA) is 32.3 Å². The molecular weight excluding hydrogens is 268 g/mol. The minimum absolute atomic E-state index is 0. The van der Waals surface area contributed by atoms with Gasteiger partial charge in [-0.05, 0) is 31.5 Å². The van der Waals surface area contributed by atoms with E-state index in [1.165, 1.54) is 18.4 Å². The lowest BCUT2D eigenvalue weighted by molar-refractivity contribution is 0.360. The molecule has 2 aromatic heterocycles. The first kappa shape index (κ1) is 13.5. The third kappa shape index (κ3) is 2.58. The van der Waals surface area contributed by atoms with Crippen LogP contribution in [0.2, 0.25) is 0 Å². The standard InChI is InChI=1S/C12H16N4S.ClH/c1-15-4-2-5-16(7-6-15)11-10-3-8-17-12(10)14-9-13-11;/h3,8-9H,2,4-7H2,1H3;1H. The summed E-state index contributed by atoms with van der Waals surface area (Å²) in [4.78, 5) is 14.6. The number of halogens is 1. The van der Waals surface area contributed by atoms with Gasteiger partial charge in [0.1, 0.15) is 17.0 Å². The van der Waals surface area contributed by atoms with Crippen LogP contribution in [-0.4, -0.2) is 48.1 Å². The Morgan fingerprint density at radius 1 is 1.17 bits per heavy atom. The van der Waals surface area contributed by atoms with Gasteiger partial charge in [0.2, 0.25) is 0 Å². The molecule has 1 fully saturated rings. The number of anilines is 1. The minimum atomic E-state index is 0. The van der Waals surface area contributed by atoms with Crippen LogP contribution in [0.4, 0.5) is 5.82 Å². The fourth-order valence-electron chi connectivity index (χ4n) is 2.29. The minimum Gasteiger partial charge on any atom is -0.355 e. The zero-order valence-electron chi connectivity index (χ0n) is 10.4. The van der Waals surface area contributed by atoms with Gasteiger partial charge in [0, 0.05) is 19.6 Å². The van der Waals surface area contributed by atoms with Gasteiger partial charge in [0.25, 0.3) is 0 Å². The largest absolute Gasteiger partial charge is 0.355 e. The maximum Gasteiger partial charge on any atom is 0.140 e. The van der Waals surface area contributed by atoms with Crippen LogP contribution in [0, 0.1) is 0 Å². The normalized spacial score (nSPS) is 17.5. The van der Waals surface area contributed by atoms with E-state index in [2.05, 4.69) is 38.3 Å². The van der Waals surface area contributed by atoms with Gasteiger partial charge in [-0.15, -0.1) is 23.7 Å². The SMILES string of the molecule is CN1CCCN(c2ncnc3sccc23)CC1.Cl. The first-order valence-corrected chi connectivity index (χ1v) is 6.84. The number of hydrogen-bond acceptors (Lipinski definition) is 5. The van der Waals surface area contributed by atoms with Crippen LogP contribution < -0.4 is 4.90 Å². The van der Waals surface area contributed by atoms with E-state index in [1.807, 2.05) is 0 Å². The predicted octanol–water partition coefficient (Wildman–Crippen LogP) is 2.26. The van der Waals surface area contributed by atoms with Crippen molar-refractivity contribution in [2.24, 2.45) is 0 Å². The average Bonchev–Trinajstić information content (AvgIpc) is 2.72. The lowest BCUT2D eigenvalue weighted by Gasteiger charge is -2.21. The molecule has 18 heavy (non-hydrogen) atoms. The molecule has 4 nitrogen and oxygen atoms in total. The van der Waals surface area contributed by atoms with Gasteiger partial charge >= 0.3 is 0 Å². The molecule has 1 saturated heterocycles. The van der Waals surface area contributed by atoms with Gasteiger partial charge in [-0.1, -0.05) is 0 Å². The van der Waals surface area contributed by atoms with Crippen molar-refractivity contribution in [2.45, 2.75) is 6.42 Å². The summed E-state index contributed by atoms with van der Waals surface area (Å²) < 4.78 is 0. The van der Waals surface area contributed by atoms with E-state index in [-0.39, 0.29) is 12.4 Å². The van der Waals surface area contributed by atoms with E-state index >= 15 is 0 Å². The molecule has 0 N–H and O–H groups in total. The van der Waals surface area contributed by atoms with Crippen LogP contribution >= 0.6 is 23.7 Å². The number of rotatable bonds is 1. The Morgan fingerprint density at radius 2 is 2.06 bits per heavy atom. The van der Waals surface area contributed by atoms with E-state index < -0.39 is 0 Å². The van der Waals surface area contributed by atoms with E-state index in [4.69, 9.17) is 0 Å². The fraction of sp³-hybridized carbons (Fsp3) is 0.500. The second-order valence-electron chi connectivity index (χ2n) is 4.48. The highest BCUT2D eigenvalue weighted by Gasteiger charge is 2.16. The van der Waals surface area contributed by atoms with Crippen molar-refractivity contribution in [1.29, 1.82) is 0 Å². The zero-order chi connectivity index (χ0) is 11.7. The molecule has 0 amide bonds. The van der Waals surface area contributed by atoms with E-state index in [0.29, 0.717) is 0 Å². The first-order chi connectivity index (χ1) is 8.34. The maximum absolute atomic E-state index is 4.47. The van der Waals surface area contributed by atoms with Crippen molar-refractivity contribution < 1.29 is 0 Å². The number of thiophene rings is 1. The molecule has 3 rings (SSSR count). The molecule has 2 aromatic rings. The molecule has 98 valence electrons. The van der Waals surface area contributed by atoms with Gasteiger partial charge in [0.15, 0.2) is 0 Å². The van der Waals surface area contributed by atoms with Crippen LogP contribution in [0.15, 0.2) is 17.8 Å². The van der Waals surface area contributed by atoms with Crippen LogP contribution in [0.25, 0.3) is 10.2 Å². The summed E-state index contributed by atoms with van der Waals surface area (Å²) in [6, 6.07) is 2.13. The van der Waals surface area contributed by atoms with Crippen molar-refractivity contribution in [3.8, 4) is 0 Å². The second-order valence-corrected chi connectivity index (χ2v) is 5.38. The van der Waals surface area contributed by atoms with Crippen LogP contribution in [0.1, 0.15) is 6.42 Å². The van der Waals surface area contributed by atoms with Gasteiger partial charge in [0.05, 0.1) is 5.39 Å². The van der Waals surface area contributed by atoms with Crippen LogP contribution in [0.3, 0.4) is 0 Å². The Morgan fingerprint density at radius 3 is 2.94 bits per heavy atom. The van der Waals surface area contributed by atoms with Crippen molar-refractivity contribution in [2.75, 3.05) is 38.1 Å². The highest BCUT2D eigenvalue weighted by Crippen LogP contribution is 2.27. The number of likely N-dealkylation sites (N-methyl/N-ethyl adjacent to an activating group) is 1. The zero-order valence-corrected chi connectivity index (χ0v) is 12.0. The number of nitrogens with zero attached hydrogens (tertiary/aromatic N) is 4. The Labute approximate surface area is 117 Å². The summed E-state index contributed by atoms with van der Waals surface area (Å²) >= 11 is 1.68. The Balaban J connectivity index is 0.00000120. The van der Waals surface area contributed by atoms with Gasteiger partial charge in [-0.3, -0.25) is 0 Å². The maximum atomic E-state index is 4.47. The molecule has 0 bridgehead atoms. The lowest BCUT2D eigenvalue weighted by atomic mass is 10.3. The van der Waals surface area contributed by atoms with E-state index in [1.54, 1.807) is 17.7 Å². The van der Waals surface area contributed by atoms with Crippen molar-refractivity contribution in [1.82, 2.24) is 14.9 Å². The molecule has 1 aliphatic rings. The smallest absolute Gasteiger partial charge is 0.140 e. The number of hydrogen-bond donors (Lipinski definition) is 0. The molecule has 3 heterocycles. The summed E-state index contributed by atoms with van der Waals surface area (Å²) in [5, 5.41) is 3.29. The molecule has 1 aliphatic heterocycles. The molecule has 0 spiro atoms. The Kier molecular flexibility index (Phi) is 4.37. The summed E-state index contributed by atoms with van der Waals surface area (Å²) in [5.41, 5.74) is 0. The number of aromatic nitrogens is 2. The van der Waals surface area contributed by atoms with Crippen LogP contribution in [-0.2, 0) is 0 Å². The number of fused-ring (bicyclic) bond motifs is 1. The van der Waals surface area contributed by atoms with Crippen LogP contribution in [0.5, 0.6) is 0 Å². The second kappa shape index (κ2) is 5.82. The lowest BCUT2D eigenvalue weighted by Crippen LogP contribution is -2.29. The highest BCUT2D eigenvalue weighted by atomic mass is 35.5. The summed E-state index contributed by atoms with van der Waals surface area (Å²) in [6.45, 7) is 4.43. The molecule has 0 saturated carbocycles. The Bertz CT molecular complexity index is 516. The monoisotopic (exact) mass is 284 g/mol. The summed E-state index contributed by atoms with van der Waals surface area (Å²) in [5.74, 6) is 1.10. The van der Waals surface area contributed by atoms with Crippen molar-refractivity contribution >= 4 is 39.8 Å². The first-order valence-electron chi connectivity index (χ1n) is 5.96. The van der Waals surface area contributed by atoms with Crippen molar-refractivity contribution in [3.05, 3.63) is 17.8 Å². The van der Waals surface area contributed by atoms with E-state index in [0.717, 1.165) is 30.3 Å². The van der Waals surface area contributed by atoms with Gasteiger partial charge in [-0.25, -0.2) is 9.97 Å². The molecule has 0 unspecified atom stereocenters. The van der Waals surface area contributed by atoms with Crippen molar-refractivity contribution in [3.63, 3.8) is 0 Å². The van der Waals surface area contributed by atoms with Gasteiger partial charge < -0.3 is 9.80 Å². The molecule has 0 atom stereocenters. The highest BCUT2D eigenvalue weighted by molar-refractivity contribution is 7.16. The quantitative estimate of drug-likeness (QED) is 0.804. The third-order valence-electron chi connectivity index (χ3n) is 3.26. The Hall–Kier alpha value is -0.910. The molecule has 0 aliphatic carbocycles. The van der Waals surface area contributed by atoms with Gasteiger partial charge in [-0.2, -0.15) is 0 Å². The fourth-order valence-corrected chi connectivity index (χ4v) is 3.01. The average molecular weight is 285 g/mol. The van der Waals surface area contributed by atoms with E-state index in [9.17, 15) is 0 Å². The summed E-state index contributed by atoms with van der Waals surface area (Å²) in [6.07, 6.45) is 2.88.